The Morgan fingerprint density at radius 3 is 2.75 bits per heavy atom. The first-order valence-corrected chi connectivity index (χ1v) is 7.17. The van der Waals surface area contributed by atoms with Crippen molar-refractivity contribution >= 4 is 11.7 Å². The van der Waals surface area contributed by atoms with Crippen molar-refractivity contribution in [3.8, 4) is 0 Å². The van der Waals surface area contributed by atoms with Crippen LogP contribution in [0.3, 0.4) is 0 Å². The summed E-state index contributed by atoms with van der Waals surface area (Å²) in [4.78, 5) is 20.9. The Morgan fingerprint density at radius 1 is 1.45 bits per heavy atom. The van der Waals surface area contributed by atoms with Crippen LogP contribution in [0.1, 0.15) is 35.0 Å². The topological polar surface area (TPSA) is 62.5 Å². The molecule has 2 heterocycles. The number of pyridine rings is 1. The van der Waals surface area contributed by atoms with Crippen molar-refractivity contribution in [2.75, 3.05) is 31.6 Å². The summed E-state index contributed by atoms with van der Waals surface area (Å²) >= 11 is 0. The molecule has 20 heavy (non-hydrogen) atoms. The number of carbonyl (C=O) groups excluding carboxylic acids is 1. The number of amides is 1. The highest BCUT2D eigenvalue weighted by Gasteiger charge is 2.26. The normalized spacial score (nSPS) is 20.2. The van der Waals surface area contributed by atoms with Gasteiger partial charge in [-0.2, -0.15) is 0 Å². The van der Waals surface area contributed by atoms with Gasteiger partial charge < -0.3 is 10.6 Å². The van der Waals surface area contributed by atoms with E-state index in [9.17, 15) is 4.79 Å². The molecule has 5 nitrogen and oxygen atoms in total. The Kier molecular flexibility index (Phi) is 4.28. The van der Waals surface area contributed by atoms with Crippen LogP contribution in [0.25, 0.3) is 0 Å². The van der Waals surface area contributed by atoms with E-state index in [1.165, 1.54) is 0 Å². The number of carbonyl (C=O) groups is 1. The molecule has 2 N–H and O–H groups in total. The van der Waals surface area contributed by atoms with E-state index in [0.29, 0.717) is 11.6 Å². The minimum absolute atomic E-state index is 0.400. The van der Waals surface area contributed by atoms with Crippen LogP contribution in [0.15, 0.2) is 6.07 Å². The molecule has 1 aliphatic rings. The molecule has 1 aromatic rings. The van der Waals surface area contributed by atoms with Gasteiger partial charge in [0.1, 0.15) is 5.82 Å². The van der Waals surface area contributed by atoms with E-state index >= 15 is 0 Å². The van der Waals surface area contributed by atoms with E-state index < -0.39 is 5.91 Å². The summed E-state index contributed by atoms with van der Waals surface area (Å²) in [5.74, 6) is 0.342. The van der Waals surface area contributed by atoms with Gasteiger partial charge in [-0.25, -0.2) is 4.98 Å². The van der Waals surface area contributed by atoms with Crippen molar-refractivity contribution in [3.63, 3.8) is 0 Å². The predicted octanol–water partition coefficient (Wildman–Crippen LogP) is 1.33. The molecule has 0 bridgehead atoms. The second-order valence-electron chi connectivity index (χ2n) is 5.61. The smallest absolute Gasteiger partial charge is 0.252 e. The van der Waals surface area contributed by atoms with E-state index in [1.54, 1.807) is 0 Å². The number of nitrogens with two attached hydrogens (primary N) is 1. The van der Waals surface area contributed by atoms with E-state index in [1.807, 2.05) is 19.9 Å². The van der Waals surface area contributed by atoms with E-state index in [2.05, 4.69) is 28.8 Å². The number of aryl methyl sites for hydroxylation is 2. The molecule has 1 unspecified atom stereocenters. The SMILES string of the molecule is CCC1CN(c2nc(C)c(C)cc2C(N)=O)CCN1C. The summed E-state index contributed by atoms with van der Waals surface area (Å²) in [7, 11) is 2.15. The number of hydrogen-bond acceptors (Lipinski definition) is 4. The number of primary amides is 1. The van der Waals surface area contributed by atoms with Crippen LogP contribution in [0, 0.1) is 13.8 Å². The van der Waals surface area contributed by atoms with E-state index in [-0.39, 0.29) is 0 Å². The molecule has 110 valence electrons. The Hall–Kier alpha value is -1.62. The predicted molar refractivity (Wildman–Crippen MR) is 81.2 cm³/mol. The molecule has 5 heteroatoms. The third kappa shape index (κ3) is 2.77. The van der Waals surface area contributed by atoms with Crippen molar-refractivity contribution in [3.05, 3.63) is 22.9 Å². The number of aromatic nitrogens is 1. The largest absolute Gasteiger partial charge is 0.365 e. The molecule has 0 aromatic carbocycles. The number of likely N-dealkylation sites (N-methyl/N-ethyl adjacent to an activating group) is 1. The Bertz CT molecular complexity index is 515. The van der Waals surface area contributed by atoms with Crippen molar-refractivity contribution < 1.29 is 4.79 Å². The van der Waals surface area contributed by atoms with E-state index in [4.69, 9.17) is 5.73 Å². The van der Waals surface area contributed by atoms with Crippen LogP contribution in [-0.2, 0) is 0 Å². The highest BCUT2D eigenvalue weighted by Crippen LogP contribution is 2.24. The van der Waals surface area contributed by atoms with Crippen molar-refractivity contribution in [1.29, 1.82) is 0 Å². The van der Waals surface area contributed by atoms with Crippen LogP contribution in [0.5, 0.6) is 0 Å². The number of rotatable bonds is 3. The van der Waals surface area contributed by atoms with Gasteiger partial charge in [0, 0.05) is 31.4 Å². The maximum atomic E-state index is 11.7. The first kappa shape index (κ1) is 14.8. The zero-order valence-electron chi connectivity index (χ0n) is 12.8. The number of nitrogens with zero attached hydrogens (tertiary/aromatic N) is 3. The first-order chi connectivity index (χ1) is 9.43. The van der Waals surface area contributed by atoms with Crippen LogP contribution in [0.4, 0.5) is 5.82 Å². The fourth-order valence-electron chi connectivity index (χ4n) is 2.69. The molecule has 1 fully saturated rings. The standard InChI is InChI=1S/C15H24N4O/c1-5-12-9-19(7-6-18(12)4)15-13(14(16)20)8-10(2)11(3)17-15/h8,12H,5-7,9H2,1-4H3,(H2,16,20). The van der Waals surface area contributed by atoms with Crippen molar-refractivity contribution in [2.24, 2.45) is 5.73 Å². The van der Waals surface area contributed by atoms with Gasteiger partial charge in [-0.1, -0.05) is 6.92 Å². The lowest BCUT2D eigenvalue weighted by Gasteiger charge is -2.40. The second kappa shape index (κ2) is 5.79. The third-order valence-electron chi connectivity index (χ3n) is 4.26. The maximum absolute atomic E-state index is 11.7. The molecular formula is C15H24N4O. The lowest BCUT2D eigenvalue weighted by atomic mass is 10.1. The minimum atomic E-state index is -0.400. The van der Waals surface area contributed by atoms with E-state index in [0.717, 1.165) is 43.1 Å². The number of anilines is 1. The minimum Gasteiger partial charge on any atom is -0.365 e. The first-order valence-electron chi connectivity index (χ1n) is 7.17. The zero-order chi connectivity index (χ0) is 14.9. The Morgan fingerprint density at radius 2 is 2.15 bits per heavy atom. The summed E-state index contributed by atoms with van der Waals surface area (Å²) in [6, 6.07) is 2.35. The fraction of sp³-hybridized carbons (Fsp3) is 0.600. The highest BCUT2D eigenvalue weighted by atomic mass is 16.1. The van der Waals surface area contributed by atoms with Gasteiger partial charge in [0.25, 0.3) is 5.91 Å². The molecule has 1 aliphatic heterocycles. The number of piperazine rings is 1. The Labute approximate surface area is 120 Å². The Balaban J connectivity index is 2.36. The second-order valence-corrected chi connectivity index (χ2v) is 5.61. The molecule has 0 spiro atoms. The maximum Gasteiger partial charge on any atom is 0.252 e. The molecule has 1 atom stereocenters. The third-order valence-corrected chi connectivity index (χ3v) is 4.26. The fourth-order valence-corrected chi connectivity index (χ4v) is 2.69. The summed E-state index contributed by atoms with van der Waals surface area (Å²) in [5, 5.41) is 0. The van der Waals surface area contributed by atoms with Gasteiger partial charge in [0.05, 0.1) is 5.56 Å². The van der Waals surface area contributed by atoms with Gasteiger partial charge in [-0.15, -0.1) is 0 Å². The quantitative estimate of drug-likeness (QED) is 0.904. The van der Waals surface area contributed by atoms with Crippen LogP contribution in [0.2, 0.25) is 0 Å². The molecule has 1 aromatic heterocycles. The van der Waals surface area contributed by atoms with Gasteiger partial charge in [-0.05, 0) is 38.9 Å². The molecule has 0 radical (unpaired) electrons. The van der Waals surface area contributed by atoms with Gasteiger partial charge in [-0.3, -0.25) is 9.69 Å². The summed E-state index contributed by atoms with van der Waals surface area (Å²) in [5.41, 5.74) is 8.01. The van der Waals surface area contributed by atoms with Crippen LogP contribution in [-0.4, -0.2) is 48.5 Å². The molecular weight excluding hydrogens is 252 g/mol. The molecule has 1 amide bonds. The lowest BCUT2D eigenvalue weighted by molar-refractivity contribution is 0.1000. The van der Waals surface area contributed by atoms with Crippen molar-refractivity contribution in [1.82, 2.24) is 9.88 Å². The van der Waals surface area contributed by atoms with Gasteiger partial charge in [0.2, 0.25) is 0 Å². The molecule has 0 aliphatic carbocycles. The average Bonchev–Trinajstić information content (AvgIpc) is 2.41. The summed E-state index contributed by atoms with van der Waals surface area (Å²) in [6.45, 7) is 8.86. The molecule has 2 rings (SSSR count). The lowest BCUT2D eigenvalue weighted by Crippen LogP contribution is -2.52. The van der Waals surface area contributed by atoms with Gasteiger partial charge in [0.15, 0.2) is 0 Å². The summed E-state index contributed by atoms with van der Waals surface area (Å²) < 4.78 is 0. The van der Waals surface area contributed by atoms with Crippen LogP contribution >= 0.6 is 0 Å². The highest BCUT2D eigenvalue weighted by molar-refractivity contribution is 5.98. The molecule has 1 saturated heterocycles. The van der Waals surface area contributed by atoms with Crippen LogP contribution < -0.4 is 10.6 Å². The number of hydrogen-bond donors (Lipinski definition) is 1. The van der Waals surface area contributed by atoms with Crippen molar-refractivity contribution in [2.45, 2.75) is 33.2 Å². The molecule has 0 saturated carbocycles. The monoisotopic (exact) mass is 276 g/mol. The average molecular weight is 276 g/mol. The zero-order valence-corrected chi connectivity index (χ0v) is 12.8. The van der Waals surface area contributed by atoms with Gasteiger partial charge >= 0.3 is 0 Å². The summed E-state index contributed by atoms with van der Waals surface area (Å²) in [6.07, 6.45) is 1.09.